The highest BCUT2D eigenvalue weighted by molar-refractivity contribution is 6.30. The van der Waals surface area contributed by atoms with Gasteiger partial charge in [0.25, 0.3) is 5.91 Å². The number of benzene rings is 1. The molecule has 0 aliphatic heterocycles. The van der Waals surface area contributed by atoms with Crippen molar-refractivity contribution in [2.75, 3.05) is 6.61 Å². The molecule has 21 heavy (non-hydrogen) atoms. The monoisotopic (exact) mass is 311 g/mol. The largest absolute Gasteiger partial charge is 0.394 e. The van der Waals surface area contributed by atoms with E-state index in [1.807, 2.05) is 19.1 Å². The molecule has 5 heteroatoms. The van der Waals surface area contributed by atoms with E-state index in [0.717, 1.165) is 0 Å². The minimum atomic E-state index is -1.66. The van der Waals surface area contributed by atoms with E-state index in [-0.39, 0.29) is 13.0 Å². The molecule has 116 valence electrons. The van der Waals surface area contributed by atoms with Crippen molar-refractivity contribution in [3.8, 4) is 0 Å². The standard InChI is InChI=1S/C16H22ClNO3/c1-3-5-9-14(11-19)18-15(20)16(21,4-2)12-7-6-8-13(17)10-12/h3,5-8,10,14,19,21H,4,9,11H2,1-2H3,(H,18,20)/b5-3+/t14-,16+/m0/s1. The summed E-state index contributed by atoms with van der Waals surface area (Å²) in [5.74, 6) is -0.532. The van der Waals surface area contributed by atoms with Gasteiger partial charge >= 0.3 is 0 Å². The predicted molar refractivity (Wildman–Crippen MR) is 84.1 cm³/mol. The highest BCUT2D eigenvalue weighted by Crippen LogP contribution is 2.27. The van der Waals surface area contributed by atoms with Crippen molar-refractivity contribution in [1.29, 1.82) is 0 Å². The number of aliphatic hydroxyl groups is 2. The molecule has 0 radical (unpaired) electrons. The minimum absolute atomic E-state index is 0.189. The molecule has 0 heterocycles. The van der Waals surface area contributed by atoms with Crippen LogP contribution in [0.25, 0.3) is 0 Å². The number of hydrogen-bond donors (Lipinski definition) is 3. The normalized spacial score (nSPS) is 15.7. The summed E-state index contributed by atoms with van der Waals surface area (Å²) in [4.78, 5) is 12.4. The van der Waals surface area contributed by atoms with Gasteiger partial charge in [-0.05, 0) is 37.5 Å². The lowest BCUT2D eigenvalue weighted by molar-refractivity contribution is -0.142. The van der Waals surface area contributed by atoms with Gasteiger partial charge < -0.3 is 15.5 Å². The van der Waals surface area contributed by atoms with E-state index in [1.165, 1.54) is 0 Å². The Labute approximate surface area is 130 Å². The van der Waals surface area contributed by atoms with Gasteiger partial charge in [0.2, 0.25) is 0 Å². The molecular formula is C16H22ClNO3. The fourth-order valence-electron chi connectivity index (χ4n) is 2.03. The molecule has 0 fully saturated rings. The van der Waals surface area contributed by atoms with Crippen LogP contribution in [0.2, 0.25) is 5.02 Å². The highest BCUT2D eigenvalue weighted by Gasteiger charge is 2.37. The number of carbonyl (C=O) groups excluding carboxylic acids is 1. The number of hydrogen-bond acceptors (Lipinski definition) is 3. The number of nitrogens with one attached hydrogen (secondary N) is 1. The molecule has 0 aromatic heterocycles. The number of rotatable bonds is 7. The first-order valence-electron chi connectivity index (χ1n) is 6.99. The molecule has 0 spiro atoms. The summed E-state index contributed by atoms with van der Waals surface area (Å²) >= 11 is 5.92. The molecule has 0 unspecified atom stereocenters. The van der Waals surface area contributed by atoms with Crippen molar-refractivity contribution in [2.45, 2.75) is 38.3 Å². The second kappa shape index (κ2) is 8.17. The Morgan fingerprint density at radius 3 is 2.76 bits per heavy atom. The lowest BCUT2D eigenvalue weighted by atomic mass is 9.90. The first-order chi connectivity index (χ1) is 9.97. The van der Waals surface area contributed by atoms with Gasteiger partial charge in [-0.2, -0.15) is 0 Å². The third kappa shape index (κ3) is 4.56. The molecule has 1 rings (SSSR count). The van der Waals surface area contributed by atoms with Crippen LogP contribution in [0.5, 0.6) is 0 Å². The Bertz CT molecular complexity index is 504. The summed E-state index contributed by atoms with van der Waals surface area (Å²) in [5.41, 5.74) is -1.22. The van der Waals surface area contributed by atoms with Crippen LogP contribution in [0.3, 0.4) is 0 Å². The van der Waals surface area contributed by atoms with Crippen LogP contribution in [0.4, 0.5) is 0 Å². The Kier molecular flexibility index (Phi) is 6.89. The van der Waals surface area contributed by atoms with Gasteiger partial charge in [-0.1, -0.05) is 42.8 Å². The van der Waals surface area contributed by atoms with Crippen molar-refractivity contribution in [1.82, 2.24) is 5.32 Å². The van der Waals surface area contributed by atoms with Crippen LogP contribution < -0.4 is 5.32 Å². The second-order valence-electron chi connectivity index (χ2n) is 4.88. The maximum atomic E-state index is 12.4. The average Bonchev–Trinajstić information content (AvgIpc) is 2.50. The van der Waals surface area contributed by atoms with Gasteiger partial charge in [-0.15, -0.1) is 0 Å². The van der Waals surface area contributed by atoms with Gasteiger partial charge in [0.15, 0.2) is 5.60 Å². The molecule has 0 saturated carbocycles. The number of allylic oxidation sites excluding steroid dienone is 1. The molecule has 0 bridgehead atoms. The van der Waals surface area contributed by atoms with Gasteiger partial charge in [0, 0.05) is 5.02 Å². The molecule has 1 amide bonds. The molecule has 0 aliphatic carbocycles. The number of halogens is 1. The Hall–Kier alpha value is -1.36. The summed E-state index contributed by atoms with van der Waals surface area (Å²) in [6.07, 6.45) is 4.42. The van der Waals surface area contributed by atoms with Gasteiger partial charge in [0.05, 0.1) is 12.6 Å². The Balaban J connectivity index is 2.94. The Morgan fingerprint density at radius 1 is 1.52 bits per heavy atom. The van der Waals surface area contributed by atoms with Crippen LogP contribution in [0, 0.1) is 0 Å². The molecular weight excluding hydrogens is 290 g/mol. The van der Waals surface area contributed by atoms with Crippen LogP contribution in [0.15, 0.2) is 36.4 Å². The smallest absolute Gasteiger partial charge is 0.256 e. The lowest BCUT2D eigenvalue weighted by Crippen LogP contribution is -2.49. The predicted octanol–water partition coefficient (Wildman–Crippen LogP) is 2.38. The van der Waals surface area contributed by atoms with Gasteiger partial charge in [0.1, 0.15) is 0 Å². The second-order valence-corrected chi connectivity index (χ2v) is 5.32. The topological polar surface area (TPSA) is 69.6 Å². The van der Waals surface area contributed by atoms with E-state index in [0.29, 0.717) is 17.0 Å². The summed E-state index contributed by atoms with van der Waals surface area (Å²) in [6, 6.07) is 6.18. The van der Waals surface area contributed by atoms with Crippen LogP contribution in [-0.2, 0) is 10.4 Å². The van der Waals surface area contributed by atoms with Crippen molar-refractivity contribution in [3.63, 3.8) is 0 Å². The third-order valence-corrected chi connectivity index (χ3v) is 3.64. The fourth-order valence-corrected chi connectivity index (χ4v) is 2.22. The third-order valence-electron chi connectivity index (χ3n) is 3.40. The molecule has 0 saturated heterocycles. The van der Waals surface area contributed by atoms with E-state index < -0.39 is 17.6 Å². The van der Waals surface area contributed by atoms with E-state index in [2.05, 4.69) is 5.32 Å². The molecule has 0 aliphatic rings. The molecule has 3 N–H and O–H groups in total. The zero-order valence-corrected chi connectivity index (χ0v) is 13.1. The molecule has 4 nitrogen and oxygen atoms in total. The van der Waals surface area contributed by atoms with E-state index in [4.69, 9.17) is 11.6 Å². The molecule has 1 aromatic rings. The summed E-state index contributed by atoms with van der Waals surface area (Å²) in [7, 11) is 0. The average molecular weight is 312 g/mol. The zero-order chi connectivity index (χ0) is 15.9. The van der Waals surface area contributed by atoms with Crippen molar-refractivity contribution in [3.05, 3.63) is 47.0 Å². The zero-order valence-electron chi connectivity index (χ0n) is 12.3. The van der Waals surface area contributed by atoms with Gasteiger partial charge in [-0.3, -0.25) is 4.79 Å². The maximum absolute atomic E-state index is 12.4. The van der Waals surface area contributed by atoms with Crippen molar-refractivity contribution in [2.24, 2.45) is 0 Å². The fraction of sp³-hybridized carbons (Fsp3) is 0.438. The summed E-state index contributed by atoms with van der Waals surface area (Å²) in [5, 5.41) is 23.1. The lowest BCUT2D eigenvalue weighted by Gasteiger charge is -2.28. The number of aliphatic hydroxyl groups excluding tert-OH is 1. The van der Waals surface area contributed by atoms with Crippen molar-refractivity contribution < 1.29 is 15.0 Å². The van der Waals surface area contributed by atoms with Crippen LogP contribution in [-0.4, -0.2) is 28.8 Å². The first-order valence-corrected chi connectivity index (χ1v) is 7.37. The molecule has 1 aromatic carbocycles. The summed E-state index contributed by atoms with van der Waals surface area (Å²) < 4.78 is 0. The quantitative estimate of drug-likeness (QED) is 0.677. The highest BCUT2D eigenvalue weighted by atomic mass is 35.5. The van der Waals surface area contributed by atoms with E-state index in [1.54, 1.807) is 31.2 Å². The van der Waals surface area contributed by atoms with E-state index in [9.17, 15) is 15.0 Å². The summed E-state index contributed by atoms with van der Waals surface area (Å²) in [6.45, 7) is 3.40. The van der Waals surface area contributed by atoms with Gasteiger partial charge in [-0.25, -0.2) is 0 Å². The SMILES string of the molecule is C/C=C/C[C@@H](CO)NC(=O)[C@@](O)(CC)c1cccc(Cl)c1. The maximum Gasteiger partial charge on any atom is 0.256 e. The van der Waals surface area contributed by atoms with E-state index >= 15 is 0 Å². The molecule has 2 atom stereocenters. The van der Waals surface area contributed by atoms with Crippen molar-refractivity contribution >= 4 is 17.5 Å². The van der Waals surface area contributed by atoms with Crippen LogP contribution in [0.1, 0.15) is 32.3 Å². The number of carbonyl (C=O) groups is 1. The minimum Gasteiger partial charge on any atom is -0.394 e. The Morgan fingerprint density at radius 2 is 2.24 bits per heavy atom. The number of amides is 1. The van der Waals surface area contributed by atoms with Crippen LogP contribution >= 0.6 is 11.6 Å². The first kappa shape index (κ1) is 17.7.